The number of carbonyl (C=O) groups excluding carboxylic acids is 1. The van der Waals surface area contributed by atoms with Crippen LogP contribution in [0, 0.1) is 0 Å². The number of carbonyl (C=O) groups is 1. The number of nitrogen functional groups attached to an aromatic ring is 1. The molecule has 27 heavy (non-hydrogen) atoms. The van der Waals surface area contributed by atoms with Crippen molar-refractivity contribution in [1.29, 1.82) is 0 Å². The minimum absolute atomic E-state index is 0.108. The van der Waals surface area contributed by atoms with Gasteiger partial charge in [0.1, 0.15) is 0 Å². The van der Waals surface area contributed by atoms with Crippen molar-refractivity contribution in [3.8, 4) is 11.4 Å². The van der Waals surface area contributed by atoms with E-state index in [0.29, 0.717) is 16.9 Å². The number of thioether (sulfide) groups is 1. The first-order valence-electron chi connectivity index (χ1n) is 8.11. The molecule has 3 N–H and O–H groups in total. The van der Waals surface area contributed by atoms with Gasteiger partial charge in [-0.05, 0) is 12.1 Å². The van der Waals surface area contributed by atoms with Gasteiger partial charge in [0.25, 0.3) is 0 Å². The van der Waals surface area contributed by atoms with Gasteiger partial charge in [0.05, 0.1) is 11.4 Å². The van der Waals surface area contributed by atoms with E-state index in [0.717, 1.165) is 15.7 Å². The van der Waals surface area contributed by atoms with Gasteiger partial charge in [0.2, 0.25) is 16.9 Å². The van der Waals surface area contributed by atoms with Gasteiger partial charge in [-0.1, -0.05) is 65.8 Å². The van der Waals surface area contributed by atoms with E-state index in [1.807, 2.05) is 45.0 Å². The maximum atomic E-state index is 12.2. The number of nitrogens with one attached hydrogen (secondary N) is 1. The minimum atomic E-state index is -0.248. The third-order valence-corrected chi connectivity index (χ3v) is 5.29. The Morgan fingerprint density at radius 2 is 2.07 bits per heavy atom. The largest absolute Gasteiger partial charge is 0.338 e. The summed E-state index contributed by atoms with van der Waals surface area (Å²) in [4.78, 5) is 12.2. The molecule has 8 nitrogen and oxygen atoms in total. The molecule has 1 amide bonds. The second-order valence-electron chi connectivity index (χ2n) is 6.82. The first-order chi connectivity index (χ1) is 12.8. The zero-order valence-electron chi connectivity index (χ0n) is 15.1. The van der Waals surface area contributed by atoms with Gasteiger partial charge < -0.3 is 10.4 Å². The summed E-state index contributed by atoms with van der Waals surface area (Å²) in [5, 5.41) is 15.3. The number of hydrogen-bond acceptors (Lipinski definition) is 7. The van der Waals surface area contributed by atoms with Crippen LogP contribution < -0.4 is 11.2 Å². The smallest absolute Gasteiger partial charge is 0.237 e. The van der Waals surface area contributed by atoms with Crippen LogP contribution in [0.3, 0.4) is 0 Å². The molecule has 0 bridgehead atoms. The molecular formula is C17H19BrN6O2S. The third kappa shape index (κ3) is 4.51. The van der Waals surface area contributed by atoms with Gasteiger partial charge in [0, 0.05) is 21.5 Å². The lowest BCUT2D eigenvalue weighted by molar-refractivity contribution is -0.113. The average molecular weight is 451 g/mol. The molecule has 2 aromatic heterocycles. The molecule has 142 valence electrons. The van der Waals surface area contributed by atoms with Crippen LogP contribution in [0.15, 0.2) is 44.5 Å². The highest BCUT2D eigenvalue weighted by atomic mass is 79.9. The number of benzene rings is 1. The van der Waals surface area contributed by atoms with Crippen molar-refractivity contribution in [3.05, 3.63) is 40.5 Å². The predicted octanol–water partition coefficient (Wildman–Crippen LogP) is 3.44. The first-order valence-corrected chi connectivity index (χ1v) is 9.89. The number of anilines is 1. The van der Waals surface area contributed by atoms with E-state index < -0.39 is 0 Å². The molecule has 0 spiro atoms. The van der Waals surface area contributed by atoms with Crippen LogP contribution in [-0.4, -0.2) is 31.7 Å². The Balaban J connectivity index is 1.63. The summed E-state index contributed by atoms with van der Waals surface area (Å²) in [6.07, 6.45) is 0. The molecule has 0 aliphatic heterocycles. The van der Waals surface area contributed by atoms with Crippen molar-refractivity contribution < 1.29 is 9.32 Å². The van der Waals surface area contributed by atoms with Crippen LogP contribution in [0.4, 0.5) is 5.88 Å². The molecule has 0 aliphatic rings. The van der Waals surface area contributed by atoms with Crippen molar-refractivity contribution in [2.24, 2.45) is 0 Å². The molecule has 0 saturated carbocycles. The Morgan fingerprint density at radius 1 is 1.33 bits per heavy atom. The highest BCUT2D eigenvalue weighted by Gasteiger charge is 2.20. The topological polar surface area (TPSA) is 112 Å². The summed E-state index contributed by atoms with van der Waals surface area (Å²) in [6.45, 7) is 6.05. The second kappa shape index (κ2) is 7.73. The third-order valence-electron chi connectivity index (χ3n) is 3.65. The molecule has 1 aromatic carbocycles. The molecular weight excluding hydrogens is 432 g/mol. The van der Waals surface area contributed by atoms with Gasteiger partial charge in [0.15, 0.2) is 5.82 Å². The van der Waals surface area contributed by atoms with Crippen LogP contribution in [0.1, 0.15) is 26.5 Å². The van der Waals surface area contributed by atoms with Gasteiger partial charge in [-0.2, -0.15) is 0 Å². The summed E-state index contributed by atoms with van der Waals surface area (Å²) in [6, 6.07) is 9.29. The Kier molecular flexibility index (Phi) is 5.56. The van der Waals surface area contributed by atoms with Crippen LogP contribution >= 0.6 is 27.7 Å². The Hall–Kier alpha value is -2.33. The average Bonchev–Trinajstić information content (AvgIpc) is 3.20. The van der Waals surface area contributed by atoms with Crippen molar-refractivity contribution in [3.63, 3.8) is 0 Å². The highest BCUT2D eigenvalue weighted by Crippen LogP contribution is 2.28. The summed E-state index contributed by atoms with van der Waals surface area (Å²) in [5.41, 5.74) is 1.43. The van der Waals surface area contributed by atoms with E-state index in [2.05, 4.69) is 36.6 Å². The predicted molar refractivity (Wildman–Crippen MR) is 108 cm³/mol. The number of nitrogens with two attached hydrogens (primary N) is 1. The van der Waals surface area contributed by atoms with Crippen LogP contribution in [0.25, 0.3) is 11.4 Å². The fraction of sp³-hybridized carbons (Fsp3) is 0.294. The number of nitrogens with zero attached hydrogens (tertiary/aromatic N) is 4. The molecule has 0 radical (unpaired) electrons. The van der Waals surface area contributed by atoms with Crippen molar-refractivity contribution >= 4 is 39.5 Å². The van der Waals surface area contributed by atoms with Crippen LogP contribution in [0.5, 0.6) is 0 Å². The Labute approximate surface area is 169 Å². The van der Waals surface area contributed by atoms with E-state index in [4.69, 9.17) is 10.4 Å². The standard InChI is InChI=1S/C17H19BrN6O2S/c1-17(2,3)12-8-14(26-23-12)20-13(25)9-27-16-22-21-15(24(16)19)10-6-4-5-7-11(10)18/h4-8H,9,19H2,1-3H3,(H,20,25). The van der Waals surface area contributed by atoms with Crippen molar-refractivity contribution in [1.82, 2.24) is 20.0 Å². The SMILES string of the molecule is CC(C)(C)c1cc(NC(=O)CSc2nnc(-c3ccccc3Br)n2N)on1. The maximum absolute atomic E-state index is 12.2. The van der Waals surface area contributed by atoms with Crippen molar-refractivity contribution in [2.45, 2.75) is 31.3 Å². The van der Waals surface area contributed by atoms with E-state index in [1.54, 1.807) is 6.07 Å². The fourth-order valence-electron chi connectivity index (χ4n) is 2.19. The Bertz CT molecular complexity index is 962. The molecule has 3 aromatic rings. The number of aromatic nitrogens is 4. The molecule has 0 saturated heterocycles. The summed E-state index contributed by atoms with van der Waals surface area (Å²) in [7, 11) is 0. The quantitative estimate of drug-likeness (QED) is 0.452. The summed E-state index contributed by atoms with van der Waals surface area (Å²) >= 11 is 4.65. The molecule has 0 aliphatic carbocycles. The first kappa shape index (κ1) is 19.4. The number of hydrogen-bond donors (Lipinski definition) is 2. The van der Waals surface area contributed by atoms with Gasteiger partial charge in [-0.3, -0.25) is 10.1 Å². The zero-order valence-corrected chi connectivity index (χ0v) is 17.5. The Morgan fingerprint density at radius 3 is 2.74 bits per heavy atom. The number of rotatable bonds is 5. The highest BCUT2D eigenvalue weighted by molar-refractivity contribution is 9.10. The zero-order chi connectivity index (χ0) is 19.6. The molecule has 0 fully saturated rings. The number of halogens is 1. The molecule has 0 atom stereocenters. The fourth-order valence-corrected chi connectivity index (χ4v) is 3.31. The molecule has 0 unspecified atom stereocenters. The monoisotopic (exact) mass is 450 g/mol. The second-order valence-corrected chi connectivity index (χ2v) is 8.62. The van der Waals surface area contributed by atoms with Crippen molar-refractivity contribution in [2.75, 3.05) is 16.9 Å². The number of amides is 1. The van der Waals surface area contributed by atoms with Gasteiger partial charge in [-0.25, -0.2) is 4.68 Å². The molecule has 2 heterocycles. The van der Waals surface area contributed by atoms with Crippen LogP contribution in [-0.2, 0) is 10.2 Å². The lowest BCUT2D eigenvalue weighted by atomic mass is 9.92. The van der Waals surface area contributed by atoms with Gasteiger partial charge >= 0.3 is 0 Å². The molecule has 3 rings (SSSR count). The van der Waals surface area contributed by atoms with Crippen LogP contribution in [0.2, 0.25) is 0 Å². The minimum Gasteiger partial charge on any atom is -0.338 e. The van der Waals surface area contributed by atoms with E-state index in [1.165, 1.54) is 16.4 Å². The van der Waals surface area contributed by atoms with E-state index in [9.17, 15) is 4.79 Å². The lowest BCUT2D eigenvalue weighted by Gasteiger charge is -2.12. The lowest BCUT2D eigenvalue weighted by Crippen LogP contribution is -2.16. The maximum Gasteiger partial charge on any atom is 0.237 e. The van der Waals surface area contributed by atoms with Gasteiger partial charge in [-0.15, -0.1) is 10.2 Å². The molecule has 10 heteroatoms. The van der Waals surface area contributed by atoms with E-state index >= 15 is 0 Å². The normalized spacial score (nSPS) is 11.6. The summed E-state index contributed by atoms with van der Waals surface area (Å²) < 4.78 is 7.38. The summed E-state index contributed by atoms with van der Waals surface area (Å²) in [5.74, 6) is 6.77. The van der Waals surface area contributed by atoms with E-state index in [-0.39, 0.29) is 17.1 Å².